The van der Waals surface area contributed by atoms with E-state index in [4.69, 9.17) is 23.2 Å². The Kier molecular flexibility index (Phi) is 3.81. The summed E-state index contributed by atoms with van der Waals surface area (Å²) in [5.41, 5.74) is 1.62. The largest absolute Gasteiger partial charge is 0.316 e. The Morgan fingerprint density at radius 1 is 1.26 bits per heavy atom. The zero-order chi connectivity index (χ0) is 13.5. The highest BCUT2D eigenvalue weighted by molar-refractivity contribution is 6.33. The number of nitrogens with one attached hydrogen (secondary N) is 1. The third-order valence-corrected chi connectivity index (χ3v) is 5.39. The number of rotatable bonds is 5. The molecule has 2 aliphatic rings. The lowest BCUT2D eigenvalue weighted by atomic mass is 9.77. The summed E-state index contributed by atoms with van der Waals surface area (Å²) in [6.45, 7) is 4.33. The van der Waals surface area contributed by atoms with Gasteiger partial charge in [0.25, 0.3) is 0 Å². The van der Waals surface area contributed by atoms with Crippen molar-refractivity contribution in [2.75, 3.05) is 13.1 Å². The maximum atomic E-state index is 6.34. The maximum absolute atomic E-state index is 6.34. The van der Waals surface area contributed by atoms with Crippen LogP contribution in [0, 0.1) is 17.3 Å². The molecule has 0 radical (unpaired) electrons. The van der Waals surface area contributed by atoms with Gasteiger partial charge in [-0.1, -0.05) is 30.1 Å². The van der Waals surface area contributed by atoms with Gasteiger partial charge in [-0.15, -0.1) is 0 Å². The molecule has 3 rings (SSSR count). The van der Waals surface area contributed by atoms with Crippen molar-refractivity contribution in [3.05, 3.63) is 33.8 Å². The van der Waals surface area contributed by atoms with Crippen molar-refractivity contribution in [3.63, 3.8) is 0 Å². The molecule has 1 nitrogen and oxygen atoms in total. The first-order chi connectivity index (χ1) is 9.12. The number of hydrogen-bond donors (Lipinski definition) is 1. The summed E-state index contributed by atoms with van der Waals surface area (Å²) in [5.74, 6) is 1.97. The smallest absolute Gasteiger partial charge is 0.0439 e. The summed E-state index contributed by atoms with van der Waals surface area (Å²) < 4.78 is 0. The minimum Gasteiger partial charge on any atom is -0.316 e. The van der Waals surface area contributed by atoms with Crippen molar-refractivity contribution >= 4 is 23.2 Å². The molecule has 0 aromatic heterocycles. The van der Waals surface area contributed by atoms with Gasteiger partial charge in [-0.05, 0) is 73.2 Å². The lowest BCUT2D eigenvalue weighted by Gasteiger charge is -2.32. The molecular weight excluding hydrogens is 277 g/mol. The molecule has 0 spiro atoms. The number of benzene rings is 1. The van der Waals surface area contributed by atoms with E-state index < -0.39 is 0 Å². The van der Waals surface area contributed by atoms with Gasteiger partial charge in [0.05, 0.1) is 0 Å². The van der Waals surface area contributed by atoms with E-state index in [1.165, 1.54) is 24.8 Å². The number of hydrogen-bond acceptors (Lipinski definition) is 1. The summed E-state index contributed by atoms with van der Waals surface area (Å²) in [6.07, 6.45) is 5.23. The molecule has 104 valence electrons. The Morgan fingerprint density at radius 2 is 2.00 bits per heavy atom. The van der Waals surface area contributed by atoms with Crippen LogP contribution >= 0.6 is 23.2 Å². The molecule has 1 aromatic carbocycles. The van der Waals surface area contributed by atoms with Gasteiger partial charge >= 0.3 is 0 Å². The van der Waals surface area contributed by atoms with E-state index in [0.29, 0.717) is 5.41 Å². The Hall–Kier alpha value is -0.240. The van der Waals surface area contributed by atoms with Crippen LogP contribution in [-0.4, -0.2) is 13.1 Å². The third kappa shape index (κ3) is 2.94. The average molecular weight is 298 g/mol. The molecule has 2 saturated carbocycles. The fraction of sp³-hybridized carbons (Fsp3) is 0.625. The lowest BCUT2D eigenvalue weighted by Crippen LogP contribution is -2.35. The van der Waals surface area contributed by atoms with E-state index in [-0.39, 0.29) is 0 Å². The van der Waals surface area contributed by atoms with Crippen LogP contribution in [0.4, 0.5) is 0 Å². The van der Waals surface area contributed by atoms with Crippen LogP contribution in [0.3, 0.4) is 0 Å². The van der Waals surface area contributed by atoms with Crippen molar-refractivity contribution in [1.82, 2.24) is 5.32 Å². The Balaban J connectivity index is 1.79. The van der Waals surface area contributed by atoms with E-state index >= 15 is 0 Å². The van der Waals surface area contributed by atoms with Crippen LogP contribution < -0.4 is 5.32 Å². The van der Waals surface area contributed by atoms with Gasteiger partial charge in [0, 0.05) is 16.6 Å². The van der Waals surface area contributed by atoms with Crippen molar-refractivity contribution < 1.29 is 0 Å². The molecule has 0 bridgehead atoms. The number of fused-ring (bicyclic) bond motifs is 1. The molecule has 2 atom stereocenters. The highest BCUT2D eigenvalue weighted by Gasteiger charge is 2.53. The zero-order valence-corrected chi connectivity index (χ0v) is 12.9. The van der Waals surface area contributed by atoms with Crippen LogP contribution in [0.1, 0.15) is 31.7 Å². The van der Waals surface area contributed by atoms with E-state index in [1.807, 2.05) is 18.2 Å². The standard InChI is InChI=1S/C16H21Cl2N/c1-2-19-10-16(7-11-5-12(11)8-16)9-13-6-14(17)3-4-15(13)18/h3-4,6,11-12,19H,2,5,7-10H2,1H3. The first-order valence-corrected chi connectivity index (χ1v) is 8.02. The van der Waals surface area contributed by atoms with Gasteiger partial charge in [-0.2, -0.15) is 0 Å². The molecule has 1 aromatic rings. The Bertz CT molecular complexity index is 462. The SMILES string of the molecule is CCNCC1(Cc2cc(Cl)ccc2Cl)CC2CC2C1. The molecule has 2 unspecified atom stereocenters. The molecule has 0 amide bonds. The van der Waals surface area contributed by atoms with Gasteiger partial charge in [0.1, 0.15) is 0 Å². The van der Waals surface area contributed by atoms with Crippen molar-refractivity contribution in [2.45, 2.75) is 32.6 Å². The summed E-state index contributed by atoms with van der Waals surface area (Å²) in [4.78, 5) is 0. The van der Waals surface area contributed by atoms with Gasteiger partial charge in [-0.3, -0.25) is 0 Å². The predicted octanol–water partition coefficient (Wildman–Crippen LogP) is 4.56. The third-order valence-electron chi connectivity index (χ3n) is 4.78. The lowest BCUT2D eigenvalue weighted by molar-refractivity contribution is 0.250. The summed E-state index contributed by atoms with van der Waals surface area (Å²) in [5, 5.41) is 5.21. The first-order valence-electron chi connectivity index (χ1n) is 7.26. The Labute approximate surface area is 125 Å². The summed E-state index contributed by atoms with van der Waals surface area (Å²) in [7, 11) is 0. The van der Waals surface area contributed by atoms with Gasteiger partial charge in [-0.25, -0.2) is 0 Å². The second kappa shape index (κ2) is 5.27. The van der Waals surface area contributed by atoms with Crippen LogP contribution in [0.15, 0.2) is 18.2 Å². The second-order valence-electron chi connectivity index (χ2n) is 6.36. The summed E-state index contributed by atoms with van der Waals surface area (Å²) in [6, 6.07) is 5.84. The molecule has 0 aliphatic heterocycles. The monoisotopic (exact) mass is 297 g/mol. The predicted molar refractivity (Wildman–Crippen MR) is 82.0 cm³/mol. The van der Waals surface area contributed by atoms with Gasteiger partial charge < -0.3 is 5.32 Å². The van der Waals surface area contributed by atoms with Crippen LogP contribution in [-0.2, 0) is 6.42 Å². The van der Waals surface area contributed by atoms with E-state index in [0.717, 1.165) is 41.4 Å². The molecule has 1 N–H and O–H groups in total. The highest BCUT2D eigenvalue weighted by Crippen LogP contribution is 2.60. The van der Waals surface area contributed by atoms with Crippen LogP contribution in [0.2, 0.25) is 10.0 Å². The first kappa shape index (κ1) is 13.7. The molecule has 2 fully saturated rings. The maximum Gasteiger partial charge on any atom is 0.0439 e. The van der Waals surface area contributed by atoms with E-state index in [2.05, 4.69) is 12.2 Å². The normalized spacial score (nSPS) is 32.4. The molecule has 0 heterocycles. The van der Waals surface area contributed by atoms with Crippen molar-refractivity contribution in [1.29, 1.82) is 0 Å². The highest BCUT2D eigenvalue weighted by atomic mass is 35.5. The van der Waals surface area contributed by atoms with E-state index in [1.54, 1.807) is 0 Å². The topological polar surface area (TPSA) is 12.0 Å². The summed E-state index contributed by atoms with van der Waals surface area (Å²) >= 11 is 12.5. The van der Waals surface area contributed by atoms with Crippen molar-refractivity contribution in [2.24, 2.45) is 17.3 Å². The minimum atomic E-state index is 0.401. The quantitative estimate of drug-likeness (QED) is 0.840. The van der Waals surface area contributed by atoms with Gasteiger partial charge in [0.15, 0.2) is 0 Å². The fourth-order valence-electron chi connectivity index (χ4n) is 3.83. The van der Waals surface area contributed by atoms with Crippen LogP contribution in [0.5, 0.6) is 0 Å². The molecule has 0 saturated heterocycles. The average Bonchev–Trinajstić information content (AvgIpc) is 3.00. The molecule has 19 heavy (non-hydrogen) atoms. The van der Waals surface area contributed by atoms with Crippen molar-refractivity contribution in [3.8, 4) is 0 Å². The van der Waals surface area contributed by atoms with Crippen LogP contribution in [0.25, 0.3) is 0 Å². The number of halogens is 2. The zero-order valence-electron chi connectivity index (χ0n) is 11.4. The second-order valence-corrected chi connectivity index (χ2v) is 7.20. The van der Waals surface area contributed by atoms with E-state index in [9.17, 15) is 0 Å². The fourth-order valence-corrected chi connectivity index (χ4v) is 4.21. The minimum absolute atomic E-state index is 0.401. The molecular formula is C16H21Cl2N. The molecule has 3 heteroatoms. The van der Waals surface area contributed by atoms with Gasteiger partial charge in [0.2, 0.25) is 0 Å². The Morgan fingerprint density at radius 3 is 2.68 bits per heavy atom. The molecule has 2 aliphatic carbocycles.